The number of hydrazine groups is 1. The first kappa shape index (κ1) is 8.91. The van der Waals surface area contributed by atoms with Gasteiger partial charge >= 0.3 is 0 Å². The Labute approximate surface area is 83.5 Å². The predicted octanol–water partition coefficient (Wildman–Crippen LogP) is 0.0315. The van der Waals surface area contributed by atoms with Crippen molar-refractivity contribution < 1.29 is 0 Å². The van der Waals surface area contributed by atoms with Crippen molar-refractivity contribution in [2.75, 3.05) is 5.43 Å². The lowest BCUT2D eigenvalue weighted by Gasteiger charge is -1.99. The third-order valence-electron chi connectivity index (χ3n) is 1.38. The Kier molecular flexibility index (Phi) is 2.56. The van der Waals surface area contributed by atoms with Gasteiger partial charge in [0.25, 0.3) is 0 Å². The maximum atomic E-state index is 5.21. The van der Waals surface area contributed by atoms with Crippen molar-refractivity contribution in [3.63, 3.8) is 0 Å². The van der Waals surface area contributed by atoms with Crippen LogP contribution in [0.3, 0.4) is 0 Å². The van der Waals surface area contributed by atoms with Crippen molar-refractivity contribution in [3.8, 4) is 0 Å². The molecule has 0 aliphatic heterocycles. The first-order valence-corrected chi connectivity index (χ1v) is 4.52. The van der Waals surface area contributed by atoms with Gasteiger partial charge in [-0.3, -0.25) is 5.10 Å². The Hall–Kier alpha value is -1.67. The number of rotatable bonds is 3. The maximum Gasteiger partial charge on any atom is 0.189 e. The average molecular weight is 209 g/mol. The van der Waals surface area contributed by atoms with E-state index in [1.54, 1.807) is 6.07 Å². The van der Waals surface area contributed by atoms with E-state index in [1.807, 2.05) is 0 Å². The number of nitrogens with zero attached hydrogens (tertiary/aromatic N) is 4. The number of aromatic amines is 1. The van der Waals surface area contributed by atoms with Crippen LogP contribution < -0.4 is 11.3 Å². The molecular formula is C6H7N7S. The van der Waals surface area contributed by atoms with Gasteiger partial charge in [0, 0.05) is 6.07 Å². The number of hydrogen-bond acceptors (Lipinski definition) is 7. The zero-order valence-electron chi connectivity index (χ0n) is 7.01. The second kappa shape index (κ2) is 4.03. The molecule has 2 aromatic heterocycles. The molecule has 14 heavy (non-hydrogen) atoms. The van der Waals surface area contributed by atoms with Crippen LogP contribution in [0.15, 0.2) is 28.9 Å². The van der Waals surface area contributed by atoms with Gasteiger partial charge in [0.15, 0.2) is 5.16 Å². The molecule has 0 amide bonds. The van der Waals surface area contributed by atoms with E-state index < -0.39 is 0 Å². The molecule has 2 heterocycles. The highest BCUT2D eigenvalue weighted by atomic mass is 32.2. The summed E-state index contributed by atoms with van der Waals surface area (Å²) in [6.45, 7) is 0. The summed E-state index contributed by atoms with van der Waals surface area (Å²) >= 11 is 1.35. The Morgan fingerprint density at radius 3 is 2.93 bits per heavy atom. The van der Waals surface area contributed by atoms with Crippen LogP contribution in [0.25, 0.3) is 0 Å². The molecule has 0 saturated heterocycles. The molecule has 2 aromatic rings. The van der Waals surface area contributed by atoms with Gasteiger partial charge in [-0.2, -0.15) is 5.10 Å². The molecule has 0 fully saturated rings. The monoisotopic (exact) mass is 209 g/mol. The van der Waals surface area contributed by atoms with Gasteiger partial charge in [-0.15, -0.1) is 0 Å². The van der Waals surface area contributed by atoms with Gasteiger partial charge in [0.2, 0.25) is 0 Å². The highest BCUT2D eigenvalue weighted by molar-refractivity contribution is 7.99. The first-order valence-electron chi connectivity index (χ1n) is 3.70. The van der Waals surface area contributed by atoms with E-state index in [1.165, 1.54) is 24.4 Å². The second-order valence-electron chi connectivity index (χ2n) is 2.28. The van der Waals surface area contributed by atoms with Crippen molar-refractivity contribution in [1.82, 2.24) is 25.1 Å². The summed E-state index contributed by atoms with van der Waals surface area (Å²) in [5.41, 5.74) is 2.44. The number of hydrogen-bond donors (Lipinski definition) is 3. The van der Waals surface area contributed by atoms with Crippen LogP contribution in [0.5, 0.6) is 0 Å². The smallest absolute Gasteiger partial charge is 0.189 e. The minimum atomic E-state index is 0.557. The largest absolute Gasteiger partial charge is 0.308 e. The van der Waals surface area contributed by atoms with Crippen LogP contribution in [-0.4, -0.2) is 25.1 Å². The lowest BCUT2D eigenvalue weighted by molar-refractivity contribution is 0.962. The molecule has 2 rings (SSSR count). The highest BCUT2D eigenvalue weighted by Crippen LogP contribution is 2.22. The number of aromatic nitrogens is 5. The van der Waals surface area contributed by atoms with Crippen molar-refractivity contribution in [1.29, 1.82) is 0 Å². The molecule has 0 aliphatic rings. The number of H-pyrrole nitrogens is 1. The first-order chi connectivity index (χ1) is 6.88. The Morgan fingerprint density at radius 1 is 1.29 bits per heavy atom. The number of nitrogens with one attached hydrogen (secondary N) is 2. The van der Waals surface area contributed by atoms with Crippen molar-refractivity contribution in [2.45, 2.75) is 10.2 Å². The summed E-state index contributed by atoms with van der Waals surface area (Å²) in [7, 11) is 0. The summed E-state index contributed by atoms with van der Waals surface area (Å²) in [6.07, 6.45) is 2.86. The lowest BCUT2D eigenvalue weighted by atomic mass is 10.6. The molecule has 0 spiro atoms. The Bertz CT molecular complexity index is 400. The molecule has 0 saturated carbocycles. The molecule has 0 aliphatic carbocycles. The Balaban J connectivity index is 2.17. The summed E-state index contributed by atoms with van der Waals surface area (Å²) < 4.78 is 0. The molecule has 8 heteroatoms. The fourth-order valence-electron chi connectivity index (χ4n) is 0.817. The van der Waals surface area contributed by atoms with Crippen LogP contribution >= 0.6 is 11.8 Å². The van der Waals surface area contributed by atoms with Gasteiger partial charge in [-0.25, -0.2) is 20.8 Å². The van der Waals surface area contributed by atoms with Gasteiger partial charge in [0.1, 0.15) is 23.5 Å². The molecule has 72 valence electrons. The van der Waals surface area contributed by atoms with Gasteiger partial charge < -0.3 is 5.43 Å². The van der Waals surface area contributed by atoms with Crippen molar-refractivity contribution in [3.05, 3.63) is 18.7 Å². The predicted molar refractivity (Wildman–Crippen MR) is 50.3 cm³/mol. The second-order valence-corrected chi connectivity index (χ2v) is 3.29. The zero-order chi connectivity index (χ0) is 9.80. The molecule has 7 nitrogen and oxygen atoms in total. The maximum absolute atomic E-state index is 5.21. The average Bonchev–Trinajstić information content (AvgIpc) is 2.71. The van der Waals surface area contributed by atoms with Crippen LogP contribution in [0, 0.1) is 0 Å². The van der Waals surface area contributed by atoms with Crippen LogP contribution in [0.1, 0.15) is 0 Å². The number of nitrogen functional groups attached to an aromatic ring is 1. The minimum Gasteiger partial charge on any atom is -0.308 e. The third-order valence-corrected chi connectivity index (χ3v) is 2.21. The van der Waals surface area contributed by atoms with Crippen molar-refractivity contribution in [2.24, 2.45) is 5.84 Å². The summed E-state index contributed by atoms with van der Waals surface area (Å²) in [4.78, 5) is 11.9. The van der Waals surface area contributed by atoms with E-state index in [9.17, 15) is 0 Å². The normalized spacial score (nSPS) is 10.1. The van der Waals surface area contributed by atoms with Gasteiger partial charge in [-0.05, 0) is 11.8 Å². The quantitative estimate of drug-likeness (QED) is 0.372. The fourth-order valence-corrected chi connectivity index (χ4v) is 1.48. The summed E-state index contributed by atoms with van der Waals surface area (Å²) in [5.74, 6) is 5.76. The molecule has 0 radical (unpaired) electrons. The molecule has 0 atom stereocenters. The highest BCUT2D eigenvalue weighted by Gasteiger charge is 2.02. The zero-order valence-corrected chi connectivity index (χ0v) is 7.82. The van der Waals surface area contributed by atoms with E-state index in [0.717, 1.165) is 5.03 Å². The van der Waals surface area contributed by atoms with E-state index in [-0.39, 0.29) is 0 Å². The number of anilines is 1. The van der Waals surface area contributed by atoms with E-state index in [2.05, 4.69) is 30.6 Å². The van der Waals surface area contributed by atoms with Crippen LogP contribution in [0.2, 0.25) is 0 Å². The molecule has 0 aromatic carbocycles. The van der Waals surface area contributed by atoms with Gasteiger partial charge in [0.05, 0.1) is 0 Å². The molecular weight excluding hydrogens is 202 g/mol. The molecule has 0 bridgehead atoms. The van der Waals surface area contributed by atoms with E-state index >= 15 is 0 Å². The Morgan fingerprint density at radius 2 is 2.21 bits per heavy atom. The topological polar surface area (TPSA) is 105 Å². The molecule has 0 unspecified atom stereocenters. The SMILES string of the molecule is NNc1cc(Sc2ncn[nH]2)ncn1. The lowest BCUT2D eigenvalue weighted by Crippen LogP contribution is -2.08. The fraction of sp³-hybridized carbons (Fsp3) is 0. The molecule has 4 N–H and O–H groups in total. The van der Waals surface area contributed by atoms with E-state index in [0.29, 0.717) is 11.0 Å². The van der Waals surface area contributed by atoms with Crippen LogP contribution in [0.4, 0.5) is 5.82 Å². The van der Waals surface area contributed by atoms with E-state index in [4.69, 9.17) is 5.84 Å². The van der Waals surface area contributed by atoms with Crippen molar-refractivity contribution >= 4 is 17.6 Å². The summed E-state index contributed by atoms with van der Waals surface area (Å²) in [5, 5.41) is 7.85. The van der Waals surface area contributed by atoms with Crippen LogP contribution in [-0.2, 0) is 0 Å². The summed E-state index contributed by atoms with van der Waals surface area (Å²) in [6, 6.07) is 1.72. The minimum absolute atomic E-state index is 0.557. The van der Waals surface area contributed by atoms with Gasteiger partial charge in [-0.1, -0.05) is 0 Å². The standard InChI is InChI=1S/C6H7N7S/c7-12-4-1-5(9-2-8-4)14-6-10-3-11-13-6/h1-3H,7H2,(H,8,9,12)(H,10,11,13). The number of nitrogens with two attached hydrogens (primary N) is 1. The third kappa shape index (κ3) is 1.98.